The van der Waals surface area contributed by atoms with Gasteiger partial charge in [-0.25, -0.2) is 0 Å². The highest BCUT2D eigenvalue weighted by atomic mass is 16.1. The van der Waals surface area contributed by atoms with E-state index in [1.807, 2.05) is 19.1 Å². The van der Waals surface area contributed by atoms with Crippen molar-refractivity contribution in [1.29, 1.82) is 0 Å². The summed E-state index contributed by atoms with van der Waals surface area (Å²) in [5.41, 5.74) is 2.72. The quantitative estimate of drug-likeness (QED) is 0.467. The van der Waals surface area contributed by atoms with Crippen LogP contribution < -0.4 is 0 Å². The minimum Gasteiger partial charge on any atom is -0.340 e. The summed E-state index contributed by atoms with van der Waals surface area (Å²) in [7, 11) is 0. The third-order valence-electron chi connectivity index (χ3n) is 2.93. The van der Waals surface area contributed by atoms with Crippen LogP contribution in [0.15, 0.2) is 49.2 Å². The number of carbonyl (C=O) groups excluding carboxylic acids is 2. The number of ketones is 1. The first-order valence-corrected chi connectivity index (χ1v) is 6.03. The molecule has 96 valence electrons. The lowest BCUT2D eigenvalue weighted by molar-refractivity contribution is 0.103. The maximum Gasteiger partial charge on any atom is 0.209 e. The van der Waals surface area contributed by atoms with Crippen molar-refractivity contribution < 1.29 is 9.59 Å². The second-order valence-corrected chi connectivity index (χ2v) is 4.41. The lowest BCUT2D eigenvalue weighted by atomic mass is 10.1. The molecule has 0 radical (unpaired) electrons. The number of benzene rings is 1. The Morgan fingerprint density at radius 2 is 2.00 bits per heavy atom. The Kier molecular flexibility index (Phi) is 3.76. The number of allylic oxidation sites excluding steroid dienone is 1. The fraction of sp³-hybridized carbons (Fsp3) is 0.125. The number of nitrogens with zero attached hydrogens (tertiary/aromatic N) is 1. The number of aryl methyl sites for hydroxylation is 1. The van der Waals surface area contributed by atoms with Crippen molar-refractivity contribution in [2.75, 3.05) is 0 Å². The van der Waals surface area contributed by atoms with Crippen LogP contribution in [0.3, 0.4) is 0 Å². The van der Waals surface area contributed by atoms with Crippen LogP contribution in [-0.2, 0) is 6.54 Å². The number of aldehydes is 1. The van der Waals surface area contributed by atoms with E-state index < -0.39 is 0 Å². The van der Waals surface area contributed by atoms with Crippen molar-refractivity contribution >= 4 is 12.1 Å². The molecule has 0 atom stereocenters. The first-order chi connectivity index (χ1) is 9.15. The summed E-state index contributed by atoms with van der Waals surface area (Å²) in [5, 5.41) is 0. The van der Waals surface area contributed by atoms with E-state index in [-0.39, 0.29) is 5.78 Å². The van der Waals surface area contributed by atoms with Crippen molar-refractivity contribution in [3.63, 3.8) is 0 Å². The topological polar surface area (TPSA) is 39.1 Å². The van der Waals surface area contributed by atoms with Crippen molar-refractivity contribution in [2.24, 2.45) is 0 Å². The van der Waals surface area contributed by atoms with E-state index in [1.54, 1.807) is 35.0 Å². The predicted molar refractivity (Wildman–Crippen MR) is 74.6 cm³/mol. The van der Waals surface area contributed by atoms with Gasteiger partial charge >= 0.3 is 0 Å². The normalized spacial score (nSPS) is 10.2. The maximum atomic E-state index is 12.4. The van der Waals surface area contributed by atoms with E-state index in [4.69, 9.17) is 0 Å². The van der Waals surface area contributed by atoms with Gasteiger partial charge in [-0.3, -0.25) is 9.59 Å². The van der Waals surface area contributed by atoms with Gasteiger partial charge in [0, 0.05) is 23.9 Å². The molecule has 0 aliphatic heterocycles. The molecule has 19 heavy (non-hydrogen) atoms. The number of aromatic nitrogens is 1. The summed E-state index contributed by atoms with van der Waals surface area (Å²) < 4.78 is 1.74. The highest BCUT2D eigenvalue weighted by Gasteiger charge is 2.14. The van der Waals surface area contributed by atoms with Crippen LogP contribution in [0.2, 0.25) is 0 Å². The van der Waals surface area contributed by atoms with Gasteiger partial charge in [0.15, 0.2) is 6.29 Å². The average molecular weight is 253 g/mol. The highest BCUT2D eigenvalue weighted by molar-refractivity contribution is 6.08. The predicted octanol–water partition coefficient (Wildman–Crippen LogP) is 3.03. The molecule has 0 saturated carbocycles. The molecule has 0 amide bonds. The minimum atomic E-state index is -0.0880. The zero-order valence-corrected chi connectivity index (χ0v) is 10.8. The molecule has 3 nitrogen and oxygen atoms in total. The van der Waals surface area contributed by atoms with E-state index in [9.17, 15) is 9.59 Å². The standard InChI is InChI=1S/C16H15NO2/c1-3-8-17-10-13(11-18)9-15(17)16(19)14-6-4-12(2)5-7-14/h3-7,9-11H,1,8H2,2H3. The second kappa shape index (κ2) is 5.48. The summed E-state index contributed by atoms with van der Waals surface area (Å²) >= 11 is 0. The van der Waals surface area contributed by atoms with E-state index in [0.29, 0.717) is 23.4 Å². The van der Waals surface area contributed by atoms with Gasteiger partial charge in [-0.05, 0) is 13.0 Å². The summed E-state index contributed by atoms with van der Waals surface area (Å²) in [4.78, 5) is 23.2. The highest BCUT2D eigenvalue weighted by Crippen LogP contribution is 2.14. The minimum absolute atomic E-state index is 0.0880. The molecule has 1 aromatic heterocycles. The van der Waals surface area contributed by atoms with Gasteiger partial charge in [0.25, 0.3) is 0 Å². The molecule has 0 unspecified atom stereocenters. The number of hydrogen-bond donors (Lipinski definition) is 0. The third kappa shape index (κ3) is 2.71. The first kappa shape index (κ1) is 13.0. The second-order valence-electron chi connectivity index (χ2n) is 4.41. The molecule has 1 heterocycles. The van der Waals surface area contributed by atoms with Gasteiger partial charge in [-0.15, -0.1) is 6.58 Å². The summed E-state index contributed by atoms with van der Waals surface area (Å²) in [6, 6.07) is 9.00. The Bertz CT molecular complexity index is 621. The summed E-state index contributed by atoms with van der Waals surface area (Å²) in [6.07, 6.45) is 4.10. The molecular weight excluding hydrogens is 238 g/mol. The monoisotopic (exact) mass is 253 g/mol. The van der Waals surface area contributed by atoms with Crippen molar-refractivity contribution in [1.82, 2.24) is 4.57 Å². The molecule has 3 heteroatoms. The van der Waals surface area contributed by atoms with Crippen LogP contribution in [0.1, 0.15) is 32.0 Å². The fourth-order valence-electron chi connectivity index (χ4n) is 1.93. The Morgan fingerprint density at radius 1 is 1.32 bits per heavy atom. The van der Waals surface area contributed by atoms with Gasteiger partial charge in [0.2, 0.25) is 5.78 Å². The third-order valence-corrected chi connectivity index (χ3v) is 2.93. The Balaban J connectivity index is 2.42. The molecule has 0 aliphatic rings. The fourth-order valence-corrected chi connectivity index (χ4v) is 1.93. The van der Waals surface area contributed by atoms with Crippen LogP contribution in [0, 0.1) is 6.92 Å². The molecule has 2 rings (SSSR count). The Labute approximate surface area is 112 Å². The Morgan fingerprint density at radius 3 is 2.58 bits per heavy atom. The van der Waals surface area contributed by atoms with Crippen molar-refractivity contribution in [2.45, 2.75) is 13.5 Å². The van der Waals surface area contributed by atoms with Gasteiger partial charge in [-0.1, -0.05) is 35.9 Å². The van der Waals surface area contributed by atoms with E-state index in [0.717, 1.165) is 11.8 Å². The van der Waals surface area contributed by atoms with Crippen LogP contribution in [0.4, 0.5) is 0 Å². The van der Waals surface area contributed by atoms with Crippen molar-refractivity contribution in [3.8, 4) is 0 Å². The zero-order valence-electron chi connectivity index (χ0n) is 10.8. The number of hydrogen-bond acceptors (Lipinski definition) is 2. The Hall–Kier alpha value is -2.42. The summed E-state index contributed by atoms with van der Waals surface area (Å²) in [6.45, 7) is 6.13. The SMILES string of the molecule is C=CCn1cc(C=O)cc1C(=O)c1ccc(C)cc1. The van der Waals surface area contributed by atoms with Crippen LogP contribution in [0.25, 0.3) is 0 Å². The summed E-state index contributed by atoms with van der Waals surface area (Å²) in [5.74, 6) is -0.0880. The van der Waals surface area contributed by atoms with Crippen molar-refractivity contribution in [3.05, 3.63) is 71.6 Å². The smallest absolute Gasteiger partial charge is 0.209 e. The molecule has 0 spiro atoms. The lowest BCUT2D eigenvalue weighted by Crippen LogP contribution is -2.08. The van der Waals surface area contributed by atoms with Gasteiger partial charge in [0.05, 0.1) is 5.69 Å². The van der Waals surface area contributed by atoms with Crippen LogP contribution >= 0.6 is 0 Å². The molecule has 0 fully saturated rings. The number of carbonyl (C=O) groups is 2. The van der Waals surface area contributed by atoms with Crippen LogP contribution in [-0.4, -0.2) is 16.6 Å². The molecule has 0 saturated heterocycles. The molecule has 1 aromatic carbocycles. The first-order valence-electron chi connectivity index (χ1n) is 6.03. The van der Waals surface area contributed by atoms with E-state index in [2.05, 4.69) is 6.58 Å². The average Bonchev–Trinajstić information content (AvgIpc) is 2.82. The maximum absolute atomic E-state index is 12.4. The van der Waals surface area contributed by atoms with E-state index in [1.165, 1.54) is 0 Å². The molecular formula is C16H15NO2. The van der Waals surface area contributed by atoms with E-state index >= 15 is 0 Å². The number of rotatable bonds is 5. The van der Waals surface area contributed by atoms with Crippen LogP contribution in [0.5, 0.6) is 0 Å². The van der Waals surface area contributed by atoms with Gasteiger partial charge < -0.3 is 4.57 Å². The lowest BCUT2D eigenvalue weighted by Gasteiger charge is -2.05. The van der Waals surface area contributed by atoms with Gasteiger partial charge in [-0.2, -0.15) is 0 Å². The molecule has 0 aliphatic carbocycles. The molecule has 0 bridgehead atoms. The molecule has 2 aromatic rings. The molecule has 0 N–H and O–H groups in total. The largest absolute Gasteiger partial charge is 0.340 e. The zero-order chi connectivity index (χ0) is 13.8. The van der Waals surface area contributed by atoms with Gasteiger partial charge in [0.1, 0.15) is 0 Å².